The fourth-order valence-electron chi connectivity index (χ4n) is 6.98. The Kier molecular flexibility index (Phi) is 22.7. The summed E-state index contributed by atoms with van der Waals surface area (Å²) in [5.41, 5.74) is 12.5. The van der Waals surface area contributed by atoms with Crippen LogP contribution >= 0.6 is 11.6 Å². The number of nitrogen functional groups attached to an aromatic ring is 1. The topological polar surface area (TPSA) is 197 Å². The first-order valence-electron chi connectivity index (χ1n) is 24.2. The number of halogens is 1. The third kappa shape index (κ3) is 19.9. The van der Waals surface area contributed by atoms with Crippen LogP contribution in [0.2, 0.25) is 0 Å². The van der Waals surface area contributed by atoms with Gasteiger partial charge in [0.05, 0.1) is 37.4 Å². The first-order valence-corrected chi connectivity index (χ1v) is 24.5. The first kappa shape index (κ1) is 58.1. The van der Waals surface area contributed by atoms with Crippen LogP contribution in [-0.4, -0.2) is 70.7 Å². The number of nitrogens with two attached hydrogens (primary N) is 1. The number of anilines is 1. The molecule has 0 bridgehead atoms. The highest BCUT2D eigenvalue weighted by Crippen LogP contribution is 2.28. The number of nitrogens with zero attached hydrogens (tertiary/aromatic N) is 2. The third-order valence-corrected chi connectivity index (χ3v) is 12.4. The average molecular weight is 1010 g/mol. The van der Waals surface area contributed by atoms with Gasteiger partial charge in [0.25, 0.3) is 11.8 Å². The highest BCUT2D eigenvalue weighted by atomic mass is 35.5. The smallest absolute Gasteiger partial charge is 0.253 e. The molecule has 6 rings (SSSR count). The molecule has 0 aliphatic carbocycles. The lowest BCUT2D eigenvalue weighted by atomic mass is 9.81. The van der Waals surface area contributed by atoms with Crippen LogP contribution in [0.25, 0.3) is 0 Å². The molecule has 4 aromatic carbocycles. The van der Waals surface area contributed by atoms with Crippen molar-refractivity contribution in [3.05, 3.63) is 184 Å². The fourth-order valence-corrected chi connectivity index (χ4v) is 7.08. The summed E-state index contributed by atoms with van der Waals surface area (Å²) in [6, 6.07) is 32.5. The zero-order chi connectivity index (χ0) is 53.6. The summed E-state index contributed by atoms with van der Waals surface area (Å²) in [5, 5.41) is 4.88. The van der Waals surface area contributed by atoms with E-state index in [-0.39, 0.29) is 47.5 Å². The van der Waals surface area contributed by atoms with Gasteiger partial charge in [-0.05, 0) is 153 Å². The molecule has 0 atom stereocenters. The standard InChI is InChI=1S/C30H34N2O4.C15H21ClO2.C14H13N3O2/c1-21-8-9-22(2)27(17-21)36-16-6-14-30(3,4)28(34)18-23-10-12-24(13-11-23)26(33)20-32-29(35)25-7-5-15-31-19-25;1-11-6-7-12(2)13(10-11)18-9-5-8-15(3,4)14(16)17;15-12-5-3-10(4-6-12)13(18)9-17-14(19)11-2-1-7-16-8-11/h5,7-13,15,17,19H,6,14,16,18,20H2,1-4H3,(H,32,35);6-7,10H,5,8-9H2,1-4H3;1-8H,9,15H2,(H,17,19). The summed E-state index contributed by atoms with van der Waals surface area (Å²) in [6.07, 6.45) is 9.42. The monoisotopic (exact) mass is 1010 g/mol. The summed E-state index contributed by atoms with van der Waals surface area (Å²) < 4.78 is 11.7. The second-order valence-electron chi connectivity index (χ2n) is 19.1. The summed E-state index contributed by atoms with van der Waals surface area (Å²) >= 11 is 5.53. The van der Waals surface area contributed by atoms with Gasteiger partial charge in [-0.2, -0.15) is 0 Å². The normalized spacial score (nSPS) is 10.9. The Hall–Kier alpha value is -7.51. The molecule has 384 valence electrons. The Balaban J connectivity index is 0.000000262. The molecular formula is C59H68ClN5O8. The SMILES string of the molecule is Cc1ccc(C)c(OCCCC(C)(C)C(=O)Cc2ccc(C(=O)CNC(=O)c3cccnc3)cc2)c1.Cc1ccc(C)c(OCCCC(C)(C)C(=O)Cl)c1.Nc1ccc(C(=O)CNC(=O)c2cccnc2)cc1. The van der Waals surface area contributed by atoms with Crippen LogP contribution in [0.3, 0.4) is 0 Å². The average Bonchev–Trinajstić information content (AvgIpc) is 3.38. The predicted molar refractivity (Wildman–Crippen MR) is 288 cm³/mol. The van der Waals surface area contributed by atoms with E-state index in [0.717, 1.165) is 59.4 Å². The molecule has 4 N–H and O–H groups in total. The van der Waals surface area contributed by atoms with E-state index in [1.807, 2.05) is 67.5 Å². The Labute approximate surface area is 434 Å². The second-order valence-corrected chi connectivity index (χ2v) is 19.4. The van der Waals surface area contributed by atoms with E-state index >= 15 is 0 Å². The van der Waals surface area contributed by atoms with Crippen molar-refractivity contribution >= 4 is 51.7 Å². The van der Waals surface area contributed by atoms with Crippen molar-refractivity contribution in [2.24, 2.45) is 10.8 Å². The van der Waals surface area contributed by atoms with E-state index in [2.05, 4.69) is 44.9 Å². The number of Topliss-reactive ketones (excluding diaryl/α,β-unsaturated/α-hetero) is 3. The molecule has 0 fully saturated rings. The first-order chi connectivity index (χ1) is 34.6. The van der Waals surface area contributed by atoms with Crippen molar-refractivity contribution in [3.8, 4) is 11.5 Å². The number of amides is 2. The Bertz CT molecular complexity index is 2780. The van der Waals surface area contributed by atoms with Crippen molar-refractivity contribution in [2.75, 3.05) is 32.0 Å². The van der Waals surface area contributed by atoms with Crippen LogP contribution in [0.5, 0.6) is 11.5 Å². The number of nitrogens with one attached hydrogen (secondary N) is 2. The minimum atomic E-state index is -0.476. The number of benzene rings is 4. The lowest BCUT2D eigenvalue weighted by Crippen LogP contribution is -2.29. The van der Waals surface area contributed by atoms with Gasteiger partial charge in [0.15, 0.2) is 11.6 Å². The molecule has 14 heteroatoms. The molecule has 0 spiro atoms. The molecule has 6 aromatic rings. The highest BCUT2D eigenvalue weighted by Gasteiger charge is 2.27. The van der Waals surface area contributed by atoms with Crippen molar-refractivity contribution in [1.82, 2.24) is 20.6 Å². The zero-order valence-electron chi connectivity index (χ0n) is 43.2. The third-order valence-electron chi connectivity index (χ3n) is 11.9. The molecule has 2 aromatic heterocycles. The summed E-state index contributed by atoms with van der Waals surface area (Å²) in [4.78, 5) is 79.9. The molecule has 0 aliphatic rings. The second kappa shape index (κ2) is 28.5. The van der Waals surface area contributed by atoms with Gasteiger partial charge in [-0.1, -0.05) is 76.2 Å². The van der Waals surface area contributed by atoms with Crippen LogP contribution in [0, 0.1) is 38.5 Å². The largest absolute Gasteiger partial charge is 0.493 e. The predicted octanol–water partition coefficient (Wildman–Crippen LogP) is 10.8. The van der Waals surface area contributed by atoms with Crippen molar-refractivity contribution in [3.63, 3.8) is 0 Å². The number of hydrogen-bond donors (Lipinski definition) is 3. The van der Waals surface area contributed by atoms with Crippen molar-refractivity contribution in [2.45, 2.75) is 87.5 Å². The van der Waals surface area contributed by atoms with Crippen LogP contribution in [-0.2, 0) is 16.0 Å². The number of ketones is 3. The Morgan fingerprint density at radius 2 is 0.986 bits per heavy atom. The minimum Gasteiger partial charge on any atom is -0.493 e. The van der Waals surface area contributed by atoms with Crippen molar-refractivity contribution < 1.29 is 38.2 Å². The van der Waals surface area contributed by atoms with Crippen LogP contribution in [0.4, 0.5) is 5.69 Å². The number of aryl methyl sites for hydroxylation is 4. The van der Waals surface area contributed by atoms with E-state index in [1.165, 1.54) is 18.0 Å². The van der Waals surface area contributed by atoms with E-state index in [4.69, 9.17) is 26.8 Å². The molecule has 0 radical (unpaired) electrons. The quantitative estimate of drug-likeness (QED) is 0.0253. The maximum Gasteiger partial charge on any atom is 0.253 e. The van der Waals surface area contributed by atoms with Gasteiger partial charge in [0, 0.05) is 58.9 Å². The molecule has 0 saturated heterocycles. The molecule has 0 saturated carbocycles. The van der Waals surface area contributed by atoms with E-state index in [0.29, 0.717) is 47.6 Å². The molecule has 2 amide bonds. The lowest BCUT2D eigenvalue weighted by Gasteiger charge is -2.23. The molecule has 0 aliphatic heterocycles. The van der Waals surface area contributed by atoms with Gasteiger partial charge in [0.2, 0.25) is 5.24 Å². The molecule has 2 heterocycles. The van der Waals surface area contributed by atoms with Crippen LogP contribution in [0.1, 0.15) is 123 Å². The number of carbonyl (C=O) groups excluding carboxylic acids is 6. The summed E-state index contributed by atoms with van der Waals surface area (Å²) in [5.74, 6) is 0.927. The Morgan fingerprint density at radius 1 is 0.562 bits per heavy atom. The van der Waals surface area contributed by atoms with Gasteiger partial charge in [-0.25, -0.2) is 0 Å². The molecule has 0 unspecified atom stereocenters. The minimum absolute atomic E-state index is 0.0579. The number of ether oxygens (including phenoxy) is 2. The van der Waals surface area contributed by atoms with E-state index in [1.54, 1.807) is 85.2 Å². The lowest BCUT2D eigenvalue weighted by molar-refractivity contribution is -0.126. The zero-order valence-corrected chi connectivity index (χ0v) is 43.9. The van der Waals surface area contributed by atoms with Crippen LogP contribution < -0.4 is 25.8 Å². The number of aromatic nitrogens is 2. The number of pyridine rings is 2. The maximum atomic E-state index is 13.0. The van der Waals surface area contributed by atoms with E-state index in [9.17, 15) is 28.8 Å². The van der Waals surface area contributed by atoms with Gasteiger partial charge in [-0.3, -0.25) is 38.7 Å². The van der Waals surface area contributed by atoms with Crippen molar-refractivity contribution in [1.29, 1.82) is 0 Å². The number of rotatable bonds is 22. The number of hydrogen-bond acceptors (Lipinski definition) is 11. The summed E-state index contributed by atoms with van der Waals surface area (Å²) in [7, 11) is 0. The van der Waals surface area contributed by atoms with Gasteiger partial charge in [0.1, 0.15) is 17.3 Å². The van der Waals surface area contributed by atoms with Gasteiger partial charge >= 0.3 is 0 Å². The molecular weight excluding hydrogens is 942 g/mol. The highest BCUT2D eigenvalue weighted by molar-refractivity contribution is 6.64. The van der Waals surface area contributed by atoms with Gasteiger partial charge in [-0.15, -0.1) is 0 Å². The molecule has 13 nitrogen and oxygen atoms in total. The van der Waals surface area contributed by atoms with Crippen LogP contribution in [0.15, 0.2) is 134 Å². The maximum absolute atomic E-state index is 13.0. The molecule has 73 heavy (non-hydrogen) atoms. The fraction of sp³-hybridized carbons (Fsp3) is 0.322. The van der Waals surface area contributed by atoms with Gasteiger partial charge < -0.3 is 25.8 Å². The Morgan fingerprint density at radius 3 is 1.40 bits per heavy atom. The number of carbonyl (C=O) groups is 6. The summed E-state index contributed by atoms with van der Waals surface area (Å²) in [6.45, 7) is 16.8. The van der Waals surface area contributed by atoms with E-state index < -0.39 is 10.8 Å².